The Morgan fingerprint density at radius 3 is 1.73 bits per heavy atom. The molecule has 0 unspecified atom stereocenters. The first-order valence-corrected chi connectivity index (χ1v) is 11.5. The Morgan fingerprint density at radius 1 is 0.364 bits per heavy atom. The molecule has 0 radical (unpaired) electrons. The second kappa shape index (κ2) is 6.11. The maximum Gasteiger partial charge on any atom is 0.0547 e. The van der Waals surface area contributed by atoms with E-state index in [9.17, 15) is 0 Å². The summed E-state index contributed by atoms with van der Waals surface area (Å²) in [6.07, 6.45) is 0. The van der Waals surface area contributed by atoms with Gasteiger partial charge >= 0.3 is 0 Å². The molecule has 0 atom stereocenters. The summed E-state index contributed by atoms with van der Waals surface area (Å²) in [5.74, 6) is 0. The van der Waals surface area contributed by atoms with Gasteiger partial charge in [-0.15, -0.1) is 0 Å². The van der Waals surface area contributed by atoms with Crippen LogP contribution in [-0.2, 0) is 0 Å². The lowest BCUT2D eigenvalue weighted by molar-refractivity contribution is 1.18. The van der Waals surface area contributed by atoms with Crippen molar-refractivity contribution in [1.82, 2.24) is 4.57 Å². The summed E-state index contributed by atoms with van der Waals surface area (Å²) in [5, 5.41) is 7.93. The lowest BCUT2D eigenvalue weighted by Crippen LogP contribution is -1.94. The monoisotopic (exact) mass is 417 g/mol. The zero-order chi connectivity index (χ0) is 21.5. The van der Waals surface area contributed by atoms with Gasteiger partial charge in [0.1, 0.15) is 0 Å². The van der Waals surface area contributed by atoms with E-state index in [4.69, 9.17) is 0 Å². The normalized spacial score (nSPS) is 12.2. The van der Waals surface area contributed by atoms with Crippen molar-refractivity contribution in [2.75, 3.05) is 0 Å². The molecule has 1 aromatic heterocycles. The SMILES string of the molecule is c1ccc(-n2c3cccc4c3c3c5c(cccc5ccc32)-c2cc3ccccc3cc2-4)cc1. The standard InChI is InChI=1S/C32H19N/c1-2-11-23(12-3-1)33-28-15-7-14-25-27-19-22-9-5-4-8-21(22)18-26(27)24-13-6-10-20-16-17-29(33)32(30(20)24)31(25)28/h1-19H. The molecule has 0 fully saturated rings. The first-order chi connectivity index (χ1) is 16.4. The van der Waals surface area contributed by atoms with E-state index in [1.54, 1.807) is 0 Å². The van der Waals surface area contributed by atoms with Gasteiger partial charge in [0.25, 0.3) is 0 Å². The van der Waals surface area contributed by atoms with E-state index in [0.717, 1.165) is 0 Å². The van der Waals surface area contributed by atoms with Gasteiger partial charge in [-0.2, -0.15) is 0 Å². The van der Waals surface area contributed by atoms with E-state index in [1.165, 1.54) is 71.3 Å². The first kappa shape index (κ1) is 17.2. The number of para-hydroxylation sites is 1. The minimum Gasteiger partial charge on any atom is -0.309 e. The lowest BCUT2D eigenvalue weighted by atomic mass is 9.91. The van der Waals surface area contributed by atoms with E-state index >= 15 is 0 Å². The third-order valence-corrected chi connectivity index (χ3v) is 7.28. The van der Waals surface area contributed by atoms with Crippen molar-refractivity contribution >= 4 is 43.4 Å². The van der Waals surface area contributed by atoms with Crippen LogP contribution in [0.3, 0.4) is 0 Å². The highest BCUT2D eigenvalue weighted by Gasteiger charge is 2.24. The largest absolute Gasteiger partial charge is 0.309 e. The van der Waals surface area contributed by atoms with Crippen LogP contribution >= 0.6 is 0 Å². The van der Waals surface area contributed by atoms with E-state index < -0.39 is 0 Å². The number of fused-ring (bicyclic) bond motifs is 4. The predicted octanol–water partition coefficient (Wildman–Crippen LogP) is 8.74. The molecule has 33 heavy (non-hydrogen) atoms. The zero-order valence-corrected chi connectivity index (χ0v) is 17.9. The number of nitrogens with zero attached hydrogens (tertiary/aromatic N) is 1. The van der Waals surface area contributed by atoms with Crippen LogP contribution in [-0.4, -0.2) is 4.57 Å². The van der Waals surface area contributed by atoms with Crippen molar-refractivity contribution in [1.29, 1.82) is 0 Å². The van der Waals surface area contributed by atoms with Crippen LogP contribution in [0.4, 0.5) is 0 Å². The quantitative estimate of drug-likeness (QED) is 0.252. The molecule has 8 rings (SSSR count). The molecule has 6 aromatic carbocycles. The summed E-state index contributed by atoms with van der Waals surface area (Å²) < 4.78 is 2.43. The van der Waals surface area contributed by atoms with Crippen LogP contribution in [0.5, 0.6) is 0 Å². The number of hydrogen-bond acceptors (Lipinski definition) is 0. The maximum absolute atomic E-state index is 2.43. The molecule has 1 aliphatic rings. The van der Waals surface area contributed by atoms with Crippen molar-refractivity contribution in [2.45, 2.75) is 0 Å². The van der Waals surface area contributed by atoms with Gasteiger partial charge in [0, 0.05) is 16.5 Å². The molecule has 0 aliphatic heterocycles. The Morgan fingerprint density at radius 2 is 0.970 bits per heavy atom. The fourth-order valence-electron chi connectivity index (χ4n) is 5.92. The summed E-state index contributed by atoms with van der Waals surface area (Å²) in [6, 6.07) is 42.3. The fourth-order valence-corrected chi connectivity index (χ4v) is 5.92. The van der Waals surface area contributed by atoms with Gasteiger partial charge in [-0.3, -0.25) is 0 Å². The third kappa shape index (κ3) is 2.16. The smallest absolute Gasteiger partial charge is 0.0547 e. The van der Waals surface area contributed by atoms with Crippen molar-refractivity contribution in [3.05, 3.63) is 115 Å². The first-order valence-electron chi connectivity index (χ1n) is 11.5. The van der Waals surface area contributed by atoms with Gasteiger partial charge in [0.05, 0.1) is 11.0 Å². The maximum atomic E-state index is 2.43. The van der Waals surface area contributed by atoms with Gasteiger partial charge in [0.2, 0.25) is 0 Å². The Balaban J connectivity index is 1.69. The number of benzene rings is 6. The lowest BCUT2D eigenvalue weighted by Gasteiger charge is -2.15. The molecule has 152 valence electrons. The minimum atomic E-state index is 1.20. The number of rotatable bonds is 1. The Kier molecular flexibility index (Phi) is 3.19. The summed E-state index contributed by atoms with van der Waals surface area (Å²) >= 11 is 0. The topological polar surface area (TPSA) is 4.93 Å². The molecule has 0 bridgehead atoms. The van der Waals surface area contributed by atoms with Gasteiger partial charge in [-0.05, 0) is 80.2 Å². The second-order valence-corrected chi connectivity index (χ2v) is 8.98. The zero-order valence-electron chi connectivity index (χ0n) is 17.9. The van der Waals surface area contributed by atoms with E-state index in [0.29, 0.717) is 0 Å². The molecule has 0 N–H and O–H groups in total. The van der Waals surface area contributed by atoms with Crippen LogP contribution in [0.25, 0.3) is 71.3 Å². The fraction of sp³-hybridized carbons (Fsp3) is 0. The Labute approximate surface area is 191 Å². The molecule has 1 nitrogen and oxygen atoms in total. The number of aromatic nitrogens is 1. The van der Waals surface area contributed by atoms with Crippen molar-refractivity contribution < 1.29 is 0 Å². The molecule has 7 aromatic rings. The van der Waals surface area contributed by atoms with Crippen LogP contribution in [0.1, 0.15) is 0 Å². The van der Waals surface area contributed by atoms with Crippen LogP contribution in [0.2, 0.25) is 0 Å². The highest BCUT2D eigenvalue weighted by atomic mass is 15.0. The molecule has 1 aliphatic carbocycles. The van der Waals surface area contributed by atoms with Crippen molar-refractivity contribution in [3.8, 4) is 27.9 Å². The molecular formula is C32H19N. The average molecular weight is 418 g/mol. The molecule has 1 heterocycles. The van der Waals surface area contributed by atoms with Gasteiger partial charge in [0.15, 0.2) is 0 Å². The summed E-state index contributed by atoms with van der Waals surface area (Å²) in [4.78, 5) is 0. The predicted molar refractivity (Wildman–Crippen MR) is 140 cm³/mol. The summed E-state index contributed by atoms with van der Waals surface area (Å²) in [7, 11) is 0. The van der Waals surface area contributed by atoms with Crippen LogP contribution < -0.4 is 0 Å². The molecule has 1 heteroatoms. The Bertz CT molecular complexity index is 1910. The van der Waals surface area contributed by atoms with Gasteiger partial charge in [-0.25, -0.2) is 0 Å². The van der Waals surface area contributed by atoms with Gasteiger partial charge in [-0.1, -0.05) is 78.9 Å². The Hall–Kier alpha value is -4.36. The molecule has 0 saturated heterocycles. The number of hydrogen-bond donors (Lipinski definition) is 0. The van der Waals surface area contributed by atoms with Crippen molar-refractivity contribution in [2.24, 2.45) is 0 Å². The van der Waals surface area contributed by atoms with Crippen LogP contribution in [0, 0.1) is 0 Å². The molecule has 0 saturated carbocycles. The third-order valence-electron chi connectivity index (χ3n) is 7.28. The van der Waals surface area contributed by atoms with Crippen LogP contribution in [0.15, 0.2) is 115 Å². The molecular weight excluding hydrogens is 398 g/mol. The average Bonchev–Trinajstić information content (AvgIpc) is 3.17. The van der Waals surface area contributed by atoms with Gasteiger partial charge < -0.3 is 4.57 Å². The summed E-state index contributed by atoms with van der Waals surface area (Å²) in [6.45, 7) is 0. The molecule has 0 amide bonds. The highest BCUT2D eigenvalue weighted by molar-refractivity contribution is 6.30. The molecule has 0 spiro atoms. The second-order valence-electron chi connectivity index (χ2n) is 8.98. The van der Waals surface area contributed by atoms with E-state index in [1.807, 2.05) is 0 Å². The minimum absolute atomic E-state index is 1.20. The van der Waals surface area contributed by atoms with E-state index in [2.05, 4.69) is 120 Å². The highest BCUT2D eigenvalue weighted by Crippen LogP contribution is 2.50. The van der Waals surface area contributed by atoms with E-state index in [-0.39, 0.29) is 0 Å². The van der Waals surface area contributed by atoms with Crippen molar-refractivity contribution in [3.63, 3.8) is 0 Å². The summed E-state index contributed by atoms with van der Waals surface area (Å²) in [5.41, 5.74) is 9.00.